The van der Waals surface area contributed by atoms with Gasteiger partial charge in [-0.1, -0.05) is 25.4 Å². The van der Waals surface area contributed by atoms with Crippen molar-refractivity contribution in [3.8, 4) is 5.75 Å². The fourth-order valence-electron chi connectivity index (χ4n) is 1.47. The van der Waals surface area contributed by atoms with Crippen molar-refractivity contribution in [1.82, 2.24) is 4.72 Å². The molecule has 0 aliphatic carbocycles. The lowest BCUT2D eigenvalue weighted by atomic mass is 10.1. The summed E-state index contributed by atoms with van der Waals surface area (Å²) in [5, 5.41) is 9.39. The van der Waals surface area contributed by atoms with Crippen LogP contribution in [0.15, 0.2) is 23.1 Å². The molecule has 1 aromatic rings. The lowest BCUT2D eigenvalue weighted by molar-refractivity contribution is 0.227. The zero-order valence-electron chi connectivity index (χ0n) is 11.1. The highest BCUT2D eigenvalue weighted by molar-refractivity contribution is 7.89. The summed E-state index contributed by atoms with van der Waals surface area (Å²) >= 11 is 5.90. The van der Waals surface area contributed by atoms with Crippen LogP contribution in [0.5, 0.6) is 5.75 Å². The summed E-state index contributed by atoms with van der Waals surface area (Å²) < 4.78 is 31.7. The number of halogens is 1. The van der Waals surface area contributed by atoms with E-state index in [0.717, 1.165) is 0 Å². The van der Waals surface area contributed by atoms with E-state index in [1.165, 1.54) is 25.3 Å². The Morgan fingerprint density at radius 2 is 2.05 bits per heavy atom. The van der Waals surface area contributed by atoms with Crippen molar-refractivity contribution in [2.75, 3.05) is 13.7 Å². The van der Waals surface area contributed by atoms with Gasteiger partial charge in [-0.3, -0.25) is 0 Å². The topological polar surface area (TPSA) is 75.6 Å². The first-order chi connectivity index (χ1) is 8.81. The summed E-state index contributed by atoms with van der Waals surface area (Å²) in [6, 6.07) is 3.67. The molecule has 7 heteroatoms. The number of ether oxygens (including phenoxy) is 1. The molecule has 1 aromatic carbocycles. The lowest BCUT2D eigenvalue weighted by Crippen LogP contribution is -2.41. The number of benzene rings is 1. The molecule has 0 spiro atoms. The van der Waals surface area contributed by atoms with Gasteiger partial charge in [0, 0.05) is 6.04 Å². The van der Waals surface area contributed by atoms with Gasteiger partial charge in [-0.15, -0.1) is 0 Å². The van der Waals surface area contributed by atoms with Gasteiger partial charge in [-0.05, 0) is 24.1 Å². The third-order valence-corrected chi connectivity index (χ3v) is 4.52. The van der Waals surface area contributed by atoms with Crippen LogP contribution < -0.4 is 9.46 Å². The van der Waals surface area contributed by atoms with Crippen LogP contribution in [0.4, 0.5) is 0 Å². The van der Waals surface area contributed by atoms with Crippen molar-refractivity contribution in [3.05, 3.63) is 23.2 Å². The van der Waals surface area contributed by atoms with Gasteiger partial charge in [0.05, 0.1) is 23.6 Å². The zero-order valence-corrected chi connectivity index (χ0v) is 12.6. The standard InChI is InChI=1S/C12H18ClNO4S/c1-8(2)11(7-15)14-19(16,17)9-4-5-12(18-3)10(13)6-9/h4-6,8,11,14-15H,7H2,1-3H3/t11-/m1/s1. The number of methoxy groups -OCH3 is 1. The van der Waals surface area contributed by atoms with Crippen molar-refractivity contribution in [2.45, 2.75) is 24.8 Å². The van der Waals surface area contributed by atoms with Gasteiger partial charge in [0.15, 0.2) is 0 Å². The highest BCUT2D eigenvalue weighted by Gasteiger charge is 2.22. The third kappa shape index (κ3) is 4.07. The van der Waals surface area contributed by atoms with E-state index in [2.05, 4.69) is 4.72 Å². The Labute approximate surface area is 118 Å². The number of hydrogen-bond donors (Lipinski definition) is 2. The van der Waals surface area contributed by atoms with Gasteiger partial charge < -0.3 is 9.84 Å². The molecule has 0 radical (unpaired) electrons. The zero-order chi connectivity index (χ0) is 14.6. The van der Waals surface area contributed by atoms with Crippen LogP contribution in [0.1, 0.15) is 13.8 Å². The maximum Gasteiger partial charge on any atom is 0.240 e. The predicted octanol–water partition coefficient (Wildman–Crippen LogP) is 1.64. The number of hydrogen-bond acceptors (Lipinski definition) is 4. The van der Waals surface area contributed by atoms with E-state index in [1.807, 2.05) is 13.8 Å². The SMILES string of the molecule is COc1ccc(S(=O)(=O)N[C@H](CO)C(C)C)cc1Cl. The normalized spacial score (nSPS) is 13.6. The molecular formula is C12H18ClNO4S. The number of aliphatic hydroxyl groups excluding tert-OH is 1. The molecule has 0 saturated carbocycles. The van der Waals surface area contributed by atoms with Crippen LogP contribution in [0.25, 0.3) is 0 Å². The van der Waals surface area contributed by atoms with E-state index in [1.54, 1.807) is 0 Å². The molecule has 19 heavy (non-hydrogen) atoms. The molecule has 0 aliphatic rings. The van der Waals surface area contributed by atoms with E-state index in [-0.39, 0.29) is 22.4 Å². The number of rotatable bonds is 6. The molecule has 0 aromatic heterocycles. The average Bonchev–Trinajstić information content (AvgIpc) is 2.35. The molecule has 1 atom stereocenters. The first-order valence-electron chi connectivity index (χ1n) is 5.78. The third-order valence-electron chi connectivity index (χ3n) is 2.74. The smallest absolute Gasteiger partial charge is 0.240 e. The van der Waals surface area contributed by atoms with Crippen LogP contribution in [0.3, 0.4) is 0 Å². The van der Waals surface area contributed by atoms with Gasteiger partial charge in [-0.2, -0.15) is 0 Å². The molecule has 2 N–H and O–H groups in total. The van der Waals surface area contributed by atoms with Gasteiger partial charge >= 0.3 is 0 Å². The van der Waals surface area contributed by atoms with Crippen LogP contribution in [-0.4, -0.2) is 33.3 Å². The van der Waals surface area contributed by atoms with E-state index in [9.17, 15) is 13.5 Å². The van der Waals surface area contributed by atoms with E-state index >= 15 is 0 Å². The molecule has 108 valence electrons. The second-order valence-corrected chi connectivity index (χ2v) is 6.57. The second kappa shape index (κ2) is 6.56. The fraction of sp³-hybridized carbons (Fsp3) is 0.500. The first-order valence-corrected chi connectivity index (χ1v) is 7.64. The monoisotopic (exact) mass is 307 g/mol. The average molecular weight is 308 g/mol. The van der Waals surface area contributed by atoms with Gasteiger partial charge in [0.1, 0.15) is 5.75 Å². The Hall–Kier alpha value is -0.820. The second-order valence-electron chi connectivity index (χ2n) is 4.45. The summed E-state index contributed by atoms with van der Waals surface area (Å²) in [6.07, 6.45) is 0. The minimum Gasteiger partial charge on any atom is -0.495 e. The summed E-state index contributed by atoms with van der Waals surface area (Å²) in [4.78, 5) is 0.0393. The molecule has 0 bridgehead atoms. The van der Waals surface area contributed by atoms with Crippen molar-refractivity contribution in [3.63, 3.8) is 0 Å². The van der Waals surface area contributed by atoms with Crippen LogP contribution in [-0.2, 0) is 10.0 Å². The maximum absolute atomic E-state index is 12.1. The van der Waals surface area contributed by atoms with Crippen molar-refractivity contribution < 1.29 is 18.3 Å². The minimum absolute atomic E-state index is 0.0199. The highest BCUT2D eigenvalue weighted by atomic mass is 35.5. The molecule has 5 nitrogen and oxygen atoms in total. The summed E-state index contributed by atoms with van der Waals surface area (Å²) in [7, 11) is -2.26. The Balaban J connectivity index is 3.03. The molecule has 0 saturated heterocycles. The molecule has 0 amide bonds. The van der Waals surface area contributed by atoms with Crippen molar-refractivity contribution in [2.24, 2.45) is 5.92 Å². The van der Waals surface area contributed by atoms with Crippen LogP contribution in [0, 0.1) is 5.92 Å². The minimum atomic E-state index is -3.71. The van der Waals surface area contributed by atoms with Crippen molar-refractivity contribution in [1.29, 1.82) is 0 Å². The molecule has 0 heterocycles. The maximum atomic E-state index is 12.1. The Morgan fingerprint density at radius 1 is 1.42 bits per heavy atom. The number of nitrogens with one attached hydrogen (secondary N) is 1. The molecule has 0 aliphatic heterocycles. The molecular weight excluding hydrogens is 290 g/mol. The molecule has 0 unspecified atom stereocenters. The fourth-order valence-corrected chi connectivity index (χ4v) is 3.19. The largest absolute Gasteiger partial charge is 0.495 e. The van der Waals surface area contributed by atoms with Crippen molar-refractivity contribution >= 4 is 21.6 Å². The van der Waals surface area contributed by atoms with Gasteiger partial charge in [0.25, 0.3) is 0 Å². The van der Waals surface area contributed by atoms with E-state index in [0.29, 0.717) is 5.75 Å². The molecule has 0 fully saturated rings. The predicted molar refractivity (Wildman–Crippen MR) is 74.0 cm³/mol. The summed E-state index contributed by atoms with van der Waals surface area (Å²) in [6.45, 7) is 3.38. The van der Waals surface area contributed by atoms with Gasteiger partial charge in [0.2, 0.25) is 10.0 Å². The van der Waals surface area contributed by atoms with E-state index < -0.39 is 16.1 Å². The van der Waals surface area contributed by atoms with Crippen LogP contribution in [0.2, 0.25) is 5.02 Å². The Morgan fingerprint density at radius 3 is 2.47 bits per heavy atom. The quantitative estimate of drug-likeness (QED) is 0.838. The molecule has 1 rings (SSSR count). The Kier molecular flexibility index (Phi) is 5.61. The van der Waals surface area contributed by atoms with Crippen LogP contribution >= 0.6 is 11.6 Å². The number of sulfonamides is 1. The lowest BCUT2D eigenvalue weighted by Gasteiger charge is -2.20. The number of aliphatic hydroxyl groups is 1. The van der Waals surface area contributed by atoms with Gasteiger partial charge in [-0.25, -0.2) is 13.1 Å². The summed E-state index contributed by atoms with van der Waals surface area (Å²) in [5.74, 6) is 0.386. The Bertz CT molecular complexity index is 531. The first kappa shape index (κ1) is 16.2. The summed E-state index contributed by atoms with van der Waals surface area (Å²) in [5.41, 5.74) is 0. The highest BCUT2D eigenvalue weighted by Crippen LogP contribution is 2.27. The van der Waals surface area contributed by atoms with E-state index in [4.69, 9.17) is 16.3 Å².